The number of amides is 2. The molecule has 2 amide bonds. The minimum atomic E-state index is -0.697. The molecule has 1 saturated heterocycles. The number of rotatable bonds is 3. The predicted molar refractivity (Wildman–Crippen MR) is 111 cm³/mol. The normalized spacial score (nSPS) is 14.5. The topological polar surface area (TPSA) is 66.7 Å². The van der Waals surface area contributed by atoms with Crippen molar-refractivity contribution in [1.29, 1.82) is 0 Å². The van der Waals surface area contributed by atoms with E-state index in [1.54, 1.807) is 11.1 Å². The molecule has 0 saturated carbocycles. The molecule has 1 aromatic carbocycles. The fourth-order valence-corrected chi connectivity index (χ4v) is 3.66. The number of halogens is 1. The van der Waals surface area contributed by atoms with Gasteiger partial charge in [0, 0.05) is 40.8 Å². The summed E-state index contributed by atoms with van der Waals surface area (Å²) in [5, 5.41) is 4.70. The quantitative estimate of drug-likeness (QED) is 0.486. The van der Waals surface area contributed by atoms with Crippen molar-refractivity contribution in [2.45, 2.75) is 40.0 Å². The number of hydrogen-bond acceptors (Lipinski definition) is 3. The first-order valence-corrected chi connectivity index (χ1v) is 9.84. The Kier molecular flexibility index (Phi) is 6.19. The van der Waals surface area contributed by atoms with Gasteiger partial charge in [0.25, 0.3) is 0 Å². The lowest BCUT2D eigenvalue weighted by Crippen LogP contribution is -2.43. The number of piperidine rings is 1. The minimum absolute atomic E-state index is 0.517. The van der Waals surface area contributed by atoms with Crippen LogP contribution in [0.25, 0.3) is 5.69 Å². The molecule has 7 heteroatoms. The average Bonchev–Trinajstić information content (AvgIpc) is 2.97. The smallest absolute Gasteiger partial charge is 0.329 e. The van der Waals surface area contributed by atoms with Gasteiger partial charge in [0.2, 0.25) is 0 Å². The van der Waals surface area contributed by atoms with Crippen LogP contribution >= 0.6 is 11.6 Å². The largest absolute Gasteiger partial charge is 0.334 e. The van der Waals surface area contributed by atoms with Crippen molar-refractivity contribution in [3.63, 3.8) is 0 Å². The number of nitrogens with one attached hydrogen (secondary N) is 1. The van der Waals surface area contributed by atoms with Crippen LogP contribution < -0.4 is 5.43 Å². The molecular weight excluding hydrogens is 376 g/mol. The van der Waals surface area contributed by atoms with Gasteiger partial charge in [-0.2, -0.15) is 5.10 Å². The monoisotopic (exact) mass is 400 g/mol. The first-order valence-electron chi connectivity index (χ1n) is 9.46. The van der Waals surface area contributed by atoms with Gasteiger partial charge in [0.1, 0.15) is 0 Å². The number of hydrazone groups is 1. The number of benzene rings is 1. The molecule has 6 nitrogen and oxygen atoms in total. The van der Waals surface area contributed by atoms with Crippen molar-refractivity contribution in [3.8, 4) is 5.69 Å². The second kappa shape index (κ2) is 8.61. The van der Waals surface area contributed by atoms with Gasteiger partial charge >= 0.3 is 11.8 Å². The summed E-state index contributed by atoms with van der Waals surface area (Å²) in [4.78, 5) is 25.8. The molecule has 2 aromatic rings. The lowest BCUT2D eigenvalue weighted by Gasteiger charge is -2.25. The molecule has 28 heavy (non-hydrogen) atoms. The van der Waals surface area contributed by atoms with E-state index in [-0.39, 0.29) is 0 Å². The standard InChI is InChI=1S/C21H25ClN4O2/c1-14-7-8-18(12-19(14)22)26-15(2)11-17(16(26)3)13-23-24-20(27)21(28)25-9-5-4-6-10-25/h7-8,11-13H,4-6,9-10H2,1-3H3,(H,24,27)/b23-13-. The Morgan fingerprint density at radius 2 is 1.82 bits per heavy atom. The molecule has 0 bridgehead atoms. The summed E-state index contributed by atoms with van der Waals surface area (Å²) in [6.45, 7) is 7.21. The molecule has 0 spiro atoms. The fraction of sp³-hybridized carbons (Fsp3) is 0.381. The number of likely N-dealkylation sites (tertiary alicyclic amines) is 1. The van der Waals surface area contributed by atoms with Crippen LogP contribution in [0, 0.1) is 20.8 Å². The Bertz CT molecular complexity index is 927. The molecule has 148 valence electrons. The van der Waals surface area contributed by atoms with Gasteiger partial charge < -0.3 is 9.47 Å². The molecule has 1 aliphatic heterocycles. The molecule has 1 aromatic heterocycles. The van der Waals surface area contributed by atoms with E-state index in [0.29, 0.717) is 18.1 Å². The van der Waals surface area contributed by atoms with Crippen molar-refractivity contribution in [3.05, 3.63) is 51.8 Å². The summed E-state index contributed by atoms with van der Waals surface area (Å²) in [5.41, 5.74) is 7.19. The minimum Gasteiger partial charge on any atom is -0.334 e. The van der Waals surface area contributed by atoms with Gasteiger partial charge in [-0.25, -0.2) is 5.43 Å². The van der Waals surface area contributed by atoms with E-state index in [2.05, 4.69) is 15.1 Å². The summed E-state index contributed by atoms with van der Waals surface area (Å²) in [6.07, 6.45) is 4.55. The van der Waals surface area contributed by atoms with Crippen molar-refractivity contribution in [2.24, 2.45) is 5.10 Å². The molecular formula is C21H25ClN4O2. The third-order valence-corrected chi connectivity index (χ3v) is 5.50. The Labute approximate surface area is 170 Å². The third-order valence-electron chi connectivity index (χ3n) is 5.09. The summed E-state index contributed by atoms with van der Waals surface area (Å²) in [5.74, 6) is -1.21. The van der Waals surface area contributed by atoms with E-state index < -0.39 is 11.8 Å². The zero-order chi connectivity index (χ0) is 20.3. The lowest BCUT2D eigenvalue weighted by atomic mass is 10.1. The summed E-state index contributed by atoms with van der Waals surface area (Å²) < 4.78 is 2.08. The number of carbonyl (C=O) groups excluding carboxylic acids is 2. The Balaban J connectivity index is 1.71. The van der Waals surface area contributed by atoms with Crippen LogP contribution in [0.4, 0.5) is 0 Å². The van der Waals surface area contributed by atoms with Crippen LogP contribution in [0.2, 0.25) is 5.02 Å². The van der Waals surface area contributed by atoms with Gasteiger partial charge in [-0.1, -0.05) is 17.7 Å². The average molecular weight is 401 g/mol. The van der Waals surface area contributed by atoms with Crippen LogP contribution in [0.3, 0.4) is 0 Å². The summed E-state index contributed by atoms with van der Waals surface area (Å²) in [7, 11) is 0. The van der Waals surface area contributed by atoms with E-state index >= 15 is 0 Å². The van der Waals surface area contributed by atoms with E-state index in [1.165, 1.54) is 0 Å². The van der Waals surface area contributed by atoms with Gasteiger partial charge in [-0.15, -0.1) is 0 Å². The maximum atomic E-state index is 12.1. The van der Waals surface area contributed by atoms with Crippen LogP contribution in [0.15, 0.2) is 29.4 Å². The second-order valence-corrected chi connectivity index (χ2v) is 7.55. The second-order valence-electron chi connectivity index (χ2n) is 7.15. The van der Waals surface area contributed by atoms with Crippen molar-refractivity contribution in [2.75, 3.05) is 13.1 Å². The summed E-state index contributed by atoms with van der Waals surface area (Å²) in [6, 6.07) is 7.90. The highest BCUT2D eigenvalue weighted by atomic mass is 35.5. The first kappa shape index (κ1) is 20.1. The highest BCUT2D eigenvalue weighted by Gasteiger charge is 2.22. The zero-order valence-corrected chi connectivity index (χ0v) is 17.2. The molecule has 1 N–H and O–H groups in total. The number of carbonyl (C=O) groups is 2. The maximum absolute atomic E-state index is 12.1. The van der Waals surface area contributed by atoms with Gasteiger partial charge in [0.15, 0.2) is 0 Å². The Morgan fingerprint density at radius 1 is 1.11 bits per heavy atom. The highest BCUT2D eigenvalue weighted by Crippen LogP contribution is 2.24. The number of aromatic nitrogens is 1. The van der Waals surface area contributed by atoms with Crippen molar-refractivity contribution < 1.29 is 9.59 Å². The molecule has 0 radical (unpaired) electrons. The van der Waals surface area contributed by atoms with Crippen LogP contribution in [-0.2, 0) is 9.59 Å². The molecule has 2 heterocycles. The van der Waals surface area contributed by atoms with Gasteiger partial charge in [-0.05, 0) is 63.8 Å². The molecule has 1 fully saturated rings. The van der Waals surface area contributed by atoms with Crippen LogP contribution in [0.5, 0.6) is 0 Å². The number of nitrogens with zero attached hydrogens (tertiary/aromatic N) is 3. The number of aryl methyl sites for hydroxylation is 2. The lowest BCUT2D eigenvalue weighted by molar-refractivity contribution is -0.146. The van der Waals surface area contributed by atoms with Crippen molar-refractivity contribution >= 4 is 29.6 Å². The predicted octanol–water partition coefficient (Wildman–Crippen LogP) is 3.52. The van der Waals surface area contributed by atoms with E-state index in [9.17, 15) is 9.59 Å². The first-order chi connectivity index (χ1) is 13.4. The number of hydrogen-bond donors (Lipinski definition) is 1. The zero-order valence-electron chi connectivity index (χ0n) is 16.5. The fourth-order valence-electron chi connectivity index (χ4n) is 3.49. The summed E-state index contributed by atoms with van der Waals surface area (Å²) >= 11 is 6.26. The van der Waals surface area contributed by atoms with E-state index in [1.807, 2.05) is 45.0 Å². The van der Waals surface area contributed by atoms with Gasteiger partial charge in [-0.3, -0.25) is 9.59 Å². The molecule has 0 atom stereocenters. The molecule has 1 aliphatic rings. The maximum Gasteiger partial charge on any atom is 0.329 e. The Morgan fingerprint density at radius 3 is 2.50 bits per heavy atom. The Hall–Kier alpha value is -2.60. The molecule has 0 unspecified atom stereocenters. The SMILES string of the molecule is Cc1ccc(-n2c(C)cc(/C=N\NC(=O)C(=O)N3CCCCC3)c2C)cc1Cl. The van der Waals surface area contributed by atoms with Gasteiger partial charge in [0.05, 0.1) is 6.21 Å². The van der Waals surface area contributed by atoms with Crippen LogP contribution in [0.1, 0.15) is 41.8 Å². The van der Waals surface area contributed by atoms with E-state index in [0.717, 1.165) is 47.5 Å². The molecule has 0 aliphatic carbocycles. The third kappa shape index (κ3) is 4.28. The van der Waals surface area contributed by atoms with E-state index in [4.69, 9.17) is 11.6 Å². The van der Waals surface area contributed by atoms with Crippen molar-refractivity contribution in [1.82, 2.24) is 14.9 Å². The molecule has 3 rings (SSSR count). The van der Waals surface area contributed by atoms with Crippen LogP contribution in [-0.4, -0.2) is 40.6 Å². The highest BCUT2D eigenvalue weighted by molar-refractivity contribution is 6.35.